The predicted molar refractivity (Wildman–Crippen MR) is 116 cm³/mol. The molecule has 1 aromatic rings. The number of carbonyl (C=O) groups is 1. The quantitative estimate of drug-likeness (QED) is 0.146. The number of aliphatic hydroxyl groups is 3. The summed E-state index contributed by atoms with van der Waals surface area (Å²) in [5.74, 6) is -0.292. The van der Waals surface area contributed by atoms with Crippen molar-refractivity contribution < 1.29 is 25.3 Å². The third-order valence-electron chi connectivity index (χ3n) is 6.19. The number of unbranched alkanes of at least 4 members (excludes halogenated alkanes) is 3. The first-order valence-corrected chi connectivity index (χ1v) is 11.2. The zero-order chi connectivity index (χ0) is 21.8. The first-order valence-electron chi connectivity index (χ1n) is 11.2. The Morgan fingerprint density at radius 1 is 1.03 bits per heavy atom. The Kier molecular flexibility index (Phi) is 11.1. The monoisotopic (exact) mass is 419 g/mol. The highest BCUT2D eigenvalue weighted by molar-refractivity contribution is 5.74. The molecule has 1 fully saturated rings. The highest BCUT2D eigenvalue weighted by atomic mass is 16.5. The minimum atomic E-state index is -0.544. The van der Waals surface area contributed by atoms with Gasteiger partial charge in [0.2, 0.25) is 5.91 Å². The number of rotatable bonds is 13. The lowest BCUT2D eigenvalue weighted by atomic mass is 9.85. The SMILES string of the molecule is O=C(CCCCCC[C@@H]1[C@@H](CCC(O)C=CCc2ccccc2)[C@H](O)C[C@@H]1O)NO. The summed E-state index contributed by atoms with van der Waals surface area (Å²) < 4.78 is 0. The van der Waals surface area contributed by atoms with Crippen LogP contribution in [-0.2, 0) is 11.2 Å². The van der Waals surface area contributed by atoms with Crippen LogP contribution in [0.25, 0.3) is 0 Å². The number of nitrogens with one attached hydrogen (secondary N) is 1. The van der Waals surface area contributed by atoms with E-state index in [0.717, 1.165) is 38.5 Å². The fraction of sp³-hybridized carbons (Fsp3) is 0.625. The molecular formula is C24H37NO5. The molecule has 0 saturated heterocycles. The Morgan fingerprint density at radius 2 is 1.70 bits per heavy atom. The number of hydrogen-bond donors (Lipinski definition) is 5. The van der Waals surface area contributed by atoms with E-state index in [2.05, 4.69) is 12.1 Å². The van der Waals surface area contributed by atoms with Crippen LogP contribution in [0.3, 0.4) is 0 Å². The lowest BCUT2D eigenvalue weighted by molar-refractivity contribution is -0.129. The van der Waals surface area contributed by atoms with Crippen LogP contribution < -0.4 is 5.48 Å². The van der Waals surface area contributed by atoms with E-state index in [1.165, 1.54) is 5.56 Å². The lowest BCUT2D eigenvalue weighted by Crippen LogP contribution is -2.23. The Morgan fingerprint density at radius 3 is 2.40 bits per heavy atom. The van der Waals surface area contributed by atoms with Crippen LogP contribution in [0.4, 0.5) is 0 Å². The zero-order valence-corrected chi connectivity index (χ0v) is 17.7. The van der Waals surface area contributed by atoms with Crippen LogP contribution >= 0.6 is 0 Å². The molecule has 5 atom stereocenters. The van der Waals surface area contributed by atoms with E-state index in [4.69, 9.17) is 5.21 Å². The van der Waals surface area contributed by atoms with Crippen molar-refractivity contribution >= 4 is 5.91 Å². The molecule has 2 rings (SSSR count). The fourth-order valence-electron chi connectivity index (χ4n) is 4.49. The minimum absolute atomic E-state index is 0.0114. The van der Waals surface area contributed by atoms with E-state index < -0.39 is 18.3 Å². The molecule has 0 bridgehead atoms. The molecule has 5 N–H and O–H groups in total. The van der Waals surface area contributed by atoms with E-state index in [-0.39, 0.29) is 17.7 Å². The van der Waals surface area contributed by atoms with Crippen molar-refractivity contribution in [2.45, 2.75) is 82.5 Å². The summed E-state index contributed by atoms with van der Waals surface area (Å²) in [4.78, 5) is 11.0. The van der Waals surface area contributed by atoms with Crippen molar-refractivity contribution in [3.8, 4) is 0 Å². The van der Waals surface area contributed by atoms with Crippen LogP contribution in [0.2, 0.25) is 0 Å². The van der Waals surface area contributed by atoms with Gasteiger partial charge in [0.15, 0.2) is 0 Å². The minimum Gasteiger partial charge on any atom is -0.393 e. The zero-order valence-electron chi connectivity index (χ0n) is 17.7. The Bertz CT molecular complexity index is 636. The number of hydrogen-bond acceptors (Lipinski definition) is 5. The number of carbonyl (C=O) groups excluding carboxylic acids is 1. The van der Waals surface area contributed by atoms with Crippen molar-refractivity contribution in [3.05, 3.63) is 48.0 Å². The van der Waals surface area contributed by atoms with Crippen LogP contribution in [0.5, 0.6) is 0 Å². The molecule has 1 amide bonds. The smallest absolute Gasteiger partial charge is 0.243 e. The molecule has 6 nitrogen and oxygen atoms in total. The second kappa shape index (κ2) is 13.5. The molecule has 168 valence electrons. The van der Waals surface area contributed by atoms with Crippen LogP contribution in [0.15, 0.2) is 42.5 Å². The van der Waals surface area contributed by atoms with E-state index in [1.807, 2.05) is 30.4 Å². The molecular weight excluding hydrogens is 382 g/mol. The summed E-state index contributed by atoms with van der Waals surface area (Å²) in [6, 6.07) is 10.1. The number of hydroxylamine groups is 1. The number of benzene rings is 1. The number of amides is 1. The van der Waals surface area contributed by atoms with Gasteiger partial charge in [-0.2, -0.15) is 0 Å². The molecule has 1 aromatic carbocycles. The van der Waals surface area contributed by atoms with Gasteiger partial charge in [-0.1, -0.05) is 61.7 Å². The topological polar surface area (TPSA) is 110 Å². The molecule has 0 spiro atoms. The highest BCUT2D eigenvalue weighted by Crippen LogP contribution is 2.39. The van der Waals surface area contributed by atoms with Crippen molar-refractivity contribution in [3.63, 3.8) is 0 Å². The molecule has 0 aromatic heterocycles. The third-order valence-corrected chi connectivity index (χ3v) is 6.19. The molecule has 1 aliphatic carbocycles. The Hall–Kier alpha value is -1.73. The first kappa shape index (κ1) is 24.5. The fourth-order valence-corrected chi connectivity index (χ4v) is 4.49. The maximum atomic E-state index is 11.0. The molecule has 0 aliphatic heterocycles. The molecule has 0 radical (unpaired) electrons. The summed E-state index contributed by atoms with van der Waals surface area (Å²) in [5.41, 5.74) is 2.84. The van der Waals surface area contributed by atoms with E-state index >= 15 is 0 Å². The molecule has 1 saturated carbocycles. The second-order valence-electron chi connectivity index (χ2n) is 8.45. The number of aliphatic hydroxyl groups excluding tert-OH is 3. The lowest BCUT2D eigenvalue weighted by Gasteiger charge is -2.24. The van der Waals surface area contributed by atoms with Crippen molar-refractivity contribution in [1.82, 2.24) is 5.48 Å². The summed E-state index contributed by atoms with van der Waals surface area (Å²) in [6.07, 6.45) is 9.39. The van der Waals surface area contributed by atoms with Gasteiger partial charge >= 0.3 is 0 Å². The van der Waals surface area contributed by atoms with Gasteiger partial charge in [0.25, 0.3) is 0 Å². The van der Waals surface area contributed by atoms with Gasteiger partial charge in [-0.15, -0.1) is 0 Å². The average molecular weight is 420 g/mol. The van der Waals surface area contributed by atoms with Crippen LogP contribution in [-0.4, -0.2) is 44.7 Å². The van der Waals surface area contributed by atoms with Gasteiger partial charge in [-0.25, -0.2) is 5.48 Å². The maximum absolute atomic E-state index is 11.0. The van der Waals surface area contributed by atoms with E-state index in [9.17, 15) is 20.1 Å². The Balaban J connectivity index is 1.69. The average Bonchev–Trinajstić information content (AvgIpc) is 3.01. The van der Waals surface area contributed by atoms with Gasteiger partial charge in [-0.05, 0) is 55.9 Å². The van der Waals surface area contributed by atoms with Crippen LogP contribution in [0, 0.1) is 11.8 Å². The summed E-state index contributed by atoms with van der Waals surface area (Å²) in [7, 11) is 0. The summed E-state index contributed by atoms with van der Waals surface area (Å²) >= 11 is 0. The Labute approximate surface area is 179 Å². The van der Waals surface area contributed by atoms with Crippen molar-refractivity contribution in [2.75, 3.05) is 0 Å². The molecule has 1 aliphatic rings. The number of allylic oxidation sites excluding steroid dienone is 1. The maximum Gasteiger partial charge on any atom is 0.243 e. The largest absolute Gasteiger partial charge is 0.393 e. The normalized spacial score (nSPS) is 24.9. The van der Waals surface area contributed by atoms with Gasteiger partial charge in [0, 0.05) is 6.42 Å². The van der Waals surface area contributed by atoms with Crippen LogP contribution in [0.1, 0.15) is 63.4 Å². The van der Waals surface area contributed by atoms with Gasteiger partial charge in [0.05, 0.1) is 18.3 Å². The molecule has 6 heteroatoms. The van der Waals surface area contributed by atoms with Gasteiger partial charge in [0.1, 0.15) is 0 Å². The summed E-state index contributed by atoms with van der Waals surface area (Å²) in [6.45, 7) is 0. The molecule has 30 heavy (non-hydrogen) atoms. The first-order chi connectivity index (χ1) is 14.5. The van der Waals surface area contributed by atoms with Crippen molar-refractivity contribution in [2.24, 2.45) is 11.8 Å². The van der Waals surface area contributed by atoms with E-state index in [1.54, 1.807) is 5.48 Å². The van der Waals surface area contributed by atoms with Gasteiger partial charge < -0.3 is 15.3 Å². The predicted octanol–water partition coefficient (Wildman–Crippen LogP) is 3.13. The summed E-state index contributed by atoms with van der Waals surface area (Å²) in [5, 5.41) is 39.5. The van der Waals surface area contributed by atoms with Gasteiger partial charge in [-0.3, -0.25) is 10.0 Å². The van der Waals surface area contributed by atoms with E-state index in [0.29, 0.717) is 25.7 Å². The second-order valence-corrected chi connectivity index (χ2v) is 8.45. The van der Waals surface area contributed by atoms with Crippen molar-refractivity contribution in [1.29, 1.82) is 0 Å². The molecule has 1 unspecified atom stereocenters. The standard InChI is InChI=1S/C24H37NO5/c26-19(12-8-11-18-9-4-3-5-10-18)15-16-21-20(22(27)17-23(21)28)13-6-1-2-7-14-24(29)25-30/h3-5,8-10,12,19-23,26-28,30H,1-2,6-7,11,13-17H2,(H,25,29)/t19?,20-,21-,22+,23-/m1/s1. The third kappa shape index (κ3) is 8.56. The molecule has 0 heterocycles. The highest BCUT2D eigenvalue weighted by Gasteiger charge is 2.40.